The van der Waals surface area contributed by atoms with E-state index in [4.69, 9.17) is 0 Å². The summed E-state index contributed by atoms with van der Waals surface area (Å²) in [6.45, 7) is 1.24. The molecule has 0 radical (unpaired) electrons. The van der Waals surface area contributed by atoms with Gasteiger partial charge in [0.15, 0.2) is 0 Å². The van der Waals surface area contributed by atoms with Crippen LogP contribution in [0.4, 0.5) is 25.8 Å². The van der Waals surface area contributed by atoms with Crippen LogP contribution in [0, 0.1) is 11.6 Å². The number of carbonyl (C=O) groups excluding carboxylic acids is 3. The molecular formula is C18H15F2N3O3. The van der Waals surface area contributed by atoms with Crippen molar-refractivity contribution in [2.24, 2.45) is 0 Å². The van der Waals surface area contributed by atoms with Crippen molar-refractivity contribution in [3.63, 3.8) is 0 Å². The number of nitrogens with one attached hydrogen (secondary N) is 3. The van der Waals surface area contributed by atoms with Crippen LogP contribution in [0.2, 0.25) is 0 Å². The third-order valence-electron chi connectivity index (χ3n) is 3.92. The first-order valence-corrected chi connectivity index (χ1v) is 7.81. The van der Waals surface area contributed by atoms with Crippen molar-refractivity contribution in [3.05, 3.63) is 53.6 Å². The summed E-state index contributed by atoms with van der Waals surface area (Å²) in [5.74, 6) is -3.32. The molecule has 1 heterocycles. The molecule has 3 N–H and O–H groups in total. The van der Waals surface area contributed by atoms with E-state index in [1.807, 2.05) is 0 Å². The zero-order valence-corrected chi connectivity index (χ0v) is 13.7. The van der Waals surface area contributed by atoms with E-state index in [9.17, 15) is 23.2 Å². The quantitative estimate of drug-likeness (QED) is 0.787. The Hall–Kier alpha value is -3.29. The maximum atomic E-state index is 13.7. The summed E-state index contributed by atoms with van der Waals surface area (Å²) in [5.41, 5.74) is 0.932. The molecule has 26 heavy (non-hydrogen) atoms. The molecule has 0 saturated heterocycles. The van der Waals surface area contributed by atoms with Gasteiger partial charge in [-0.15, -0.1) is 0 Å². The lowest BCUT2D eigenvalue weighted by Crippen LogP contribution is -2.30. The van der Waals surface area contributed by atoms with E-state index in [0.717, 1.165) is 12.1 Å². The highest BCUT2D eigenvalue weighted by Crippen LogP contribution is 2.33. The molecule has 0 bridgehead atoms. The number of halogens is 2. The molecule has 1 aliphatic rings. The predicted octanol–water partition coefficient (Wildman–Crippen LogP) is 2.99. The highest BCUT2D eigenvalue weighted by Gasteiger charge is 2.31. The van der Waals surface area contributed by atoms with Crippen molar-refractivity contribution < 1.29 is 23.2 Å². The molecule has 8 heteroatoms. The van der Waals surface area contributed by atoms with Crippen molar-refractivity contribution >= 4 is 34.8 Å². The summed E-state index contributed by atoms with van der Waals surface area (Å²) >= 11 is 0. The fourth-order valence-corrected chi connectivity index (χ4v) is 2.79. The van der Waals surface area contributed by atoms with Gasteiger partial charge in [-0.1, -0.05) is 6.07 Å². The van der Waals surface area contributed by atoms with Gasteiger partial charge in [0.25, 0.3) is 0 Å². The van der Waals surface area contributed by atoms with Crippen LogP contribution in [0.3, 0.4) is 0 Å². The van der Waals surface area contributed by atoms with Crippen LogP contribution in [0.5, 0.6) is 0 Å². The van der Waals surface area contributed by atoms with Crippen LogP contribution >= 0.6 is 0 Å². The molecule has 0 spiro atoms. The summed E-state index contributed by atoms with van der Waals surface area (Å²) in [4.78, 5) is 35.5. The Morgan fingerprint density at radius 2 is 1.88 bits per heavy atom. The Kier molecular flexibility index (Phi) is 4.66. The van der Waals surface area contributed by atoms with E-state index < -0.39 is 35.3 Å². The molecule has 1 aliphatic heterocycles. The Balaban J connectivity index is 1.85. The first-order chi connectivity index (χ1) is 12.3. The number of anilines is 3. The third-order valence-corrected chi connectivity index (χ3v) is 3.92. The first kappa shape index (κ1) is 17.5. The van der Waals surface area contributed by atoms with E-state index >= 15 is 0 Å². The van der Waals surface area contributed by atoms with Gasteiger partial charge in [0, 0.05) is 24.7 Å². The predicted molar refractivity (Wildman–Crippen MR) is 91.7 cm³/mol. The first-order valence-electron chi connectivity index (χ1n) is 7.81. The minimum absolute atomic E-state index is 0.0702. The molecule has 1 atom stereocenters. The summed E-state index contributed by atoms with van der Waals surface area (Å²) in [5, 5.41) is 7.45. The molecule has 134 valence electrons. The number of hydrogen-bond donors (Lipinski definition) is 3. The smallest absolute Gasteiger partial charge is 0.232 e. The molecule has 3 amide bonds. The van der Waals surface area contributed by atoms with Crippen LogP contribution in [-0.2, 0) is 14.4 Å². The number of benzene rings is 2. The van der Waals surface area contributed by atoms with Crippen LogP contribution in [0.25, 0.3) is 0 Å². The van der Waals surface area contributed by atoms with E-state index in [1.54, 1.807) is 0 Å². The standard InChI is InChI=1S/C18H15F2N3O3/c1-9(24)21-16-7-11(3-5-14(16)20)22-18(26)13-8-17(25)23-15-6-10(19)2-4-12(13)15/h2-7,13H,8H2,1H3,(H,21,24)(H,22,26)(H,23,25). The van der Waals surface area contributed by atoms with Gasteiger partial charge in [-0.05, 0) is 35.9 Å². The second kappa shape index (κ2) is 6.91. The van der Waals surface area contributed by atoms with Gasteiger partial charge in [-0.3, -0.25) is 14.4 Å². The Labute approximate surface area is 147 Å². The van der Waals surface area contributed by atoms with Crippen molar-refractivity contribution in [1.29, 1.82) is 0 Å². The van der Waals surface area contributed by atoms with Gasteiger partial charge >= 0.3 is 0 Å². The normalized spacial score (nSPS) is 15.7. The SMILES string of the molecule is CC(=O)Nc1cc(NC(=O)C2CC(=O)Nc3cc(F)ccc32)ccc1F. The lowest BCUT2D eigenvalue weighted by Gasteiger charge is -2.25. The molecule has 3 rings (SSSR count). The topological polar surface area (TPSA) is 87.3 Å². The molecule has 0 saturated carbocycles. The molecule has 0 fully saturated rings. The average molecular weight is 359 g/mol. The van der Waals surface area contributed by atoms with Crippen LogP contribution < -0.4 is 16.0 Å². The average Bonchev–Trinajstić information content (AvgIpc) is 2.56. The Bertz CT molecular complexity index is 915. The highest BCUT2D eigenvalue weighted by atomic mass is 19.1. The molecule has 6 nitrogen and oxygen atoms in total. The zero-order chi connectivity index (χ0) is 18.8. The van der Waals surface area contributed by atoms with Crippen LogP contribution in [0.1, 0.15) is 24.8 Å². The zero-order valence-electron chi connectivity index (χ0n) is 13.7. The molecule has 0 aliphatic carbocycles. The highest BCUT2D eigenvalue weighted by molar-refractivity contribution is 6.05. The summed E-state index contributed by atoms with van der Waals surface area (Å²) in [6, 6.07) is 7.54. The van der Waals surface area contributed by atoms with E-state index in [-0.39, 0.29) is 23.5 Å². The van der Waals surface area contributed by atoms with Crippen LogP contribution in [-0.4, -0.2) is 17.7 Å². The van der Waals surface area contributed by atoms with Gasteiger partial charge in [-0.2, -0.15) is 0 Å². The molecule has 2 aromatic carbocycles. The Morgan fingerprint density at radius 1 is 1.12 bits per heavy atom. The second-order valence-corrected chi connectivity index (χ2v) is 5.90. The van der Waals surface area contributed by atoms with Gasteiger partial charge in [0.2, 0.25) is 17.7 Å². The van der Waals surface area contributed by atoms with Crippen molar-refractivity contribution in [1.82, 2.24) is 0 Å². The van der Waals surface area contributed by atoms with Gasteiger partial charge in [-0.25, -0.2) is 8.78 Å². The van der Waals surface area contributed by atoms with Gasteiger partial charge in [0.1, 0.15) is 11.6 Å². The minimum Gasteiger partial charge on any atom is -0.326 e. The second-order valence-electron chi connectivity index (χ2n) is 5.90. The number of carbonyl (C=O) groups is 3. The Morgan fingerprint density at radius 3 is 2.62 bits per heavy atom. The summed E-state index contributed by atoms with van der Waals surface area (Å²) in [7, 11) is 0. The monoisotopic (exact) mass is 359 g/mol. The number of amides is 3. The van der Waals surface area contributed by atoms with Crippen molar-refractivity contribution in [2.75, 3.05) is 16.0 Å². The lowest BCUT2D eigenvalue weighted by molar-refractivity contribution is -0.123. The maximum Gasteiger partial charge on any atom is 0.232 e. The number of rotatable bonds is 3. The lowest BCUT2D eigenvalue weighted by atomic mass is 9.89. The number of fused-ring (bicyclic) bond motifs is 1. The van der Waals surface area contributed by atoms with E-state index in [0.29, 0.717) is 5.56 Å². The van der Waals surface area contributed by atoms with Crippen LogP contribution in [0.15, 0.2) is 36.4 Å². The van der Waals surface area contributed by atoms with Crippen molar-refractivity contribution in [3.8, 4) is 0 Å². The summed E-state index contributed by atoms with van der Waals surface area (Å²) in [6.07, 6.45) is -0.0930. The van der Waals surface area contributed by atoms with E-state index in [2.05, 4.69) is 16.0 Å². The van der Waals surface area contributed by atoms with Crippen molar-refractivity contribution in [2.45, 2.75) is 19.3 Å². The molecule has 0 aromatic heterocycles. The van der Waals surface area contributed by atoms with Gasteiger partial charge in [0.05, 0.1) is 11.6 Å². The fraction of sp³-hybridized carbons (Fsp3) is 0.167. The van der Waals surface area contributed by atoms with Gasteiger partial charge < -0.3 is 16.0 Å². The summed E-state index contributed by atoms with van der Waals surface area (Å²) < 4.78 is 27.1. The number of hydrogen-bond acceptors (Lipinski definition) is 3. The minimum atomic E-state index is -0.811. The third kappa shape index (κ3) is 3.69. The molecular weight excluding hydrogens is 344 g/mol. The largest absolute Gasteiger partial charge is 0.326 e. The maximum absolute atomic E-state index is 13.7. The fourth-order valence-electron chi connectivity index (χ4n) is 2.79. The molecule has 2 aromatic rings. The van der Waals surface area contributed by atoms with E-state index in [1.165, 1.54) is 31.2 Å². The molecule has 1 unspecified atom stereocenters.